The normalized spacial score (nSPS) is 11.9. The fourth-order valence-corrected chi connectivity index (χ4v) is 12.2. The molecule has 0 aliphatic heterocycles. The fraction of sp³-hybridized carbons (Fsp3) is 0.432. The molecular weight excluding hydrogens is 608 g/mol. The minimum absolute atomic E-state index is 0.193. The van der Waals surface area contributed by atoms with Crippen molar-refractivity contribution in [1.29, 1.82) is 0 Å². The summed E-state index contributed by atoms with van der Waals surface area (Å²) in [5, 5.41) is 4.59. The Hall–Kier alpha value is -3.64. The van der Waals surface area contributed by atoms with E-state index in [9.17, 15) is 4.79 Å². The van der Waals surface area contributed by atoms with E-state index in [0.717, 1.165) is 29.7 Å². The number of likely N-dealkylation sites (N-methyl/N-ethyl adjacent to an activating group) is 2. The van der Waals surface area contributed by atoms with Crippen molar-refractivity contribution in [1.82, 2.24) is 19.4 Å². The number of anilines is 3. The molecule has 2 aromatic heterocycles. The zero-order valence-corrected chi connectivity index (χ0v) is 31.0. The number of hydrogen-bond acceptors (Lipinski definition) is 6. The Morgan fingerprint density at radius 3 is 2.22 bits per heavy atom. The quantitative estimate of drug-likeness (QED) is 0.137. The van der Waals surface area contributed by atoms with Gasteiger partial charge in [0.2, 0.25) is 5.95 Å². The summed E-state index contributed by atoms with van der Waals surface area (Å²) in [5.41, 5.74) is 10.5. The van der Waals surface area contributed by atoms with E-state index in [1.54, 1.807) is 17.8 Å². The first-order valence-corrected chi connectivity index (χ1v) is 18.7. The Morgan fingerprint density at radius 2 is 1.63 bits per heavy atom. The van der Waals surface area contributed by atoms with Gasteiger partial charge < -0.3 is 15.1 Å². The van der Waals surface area contributed by atoms with Crippen molar-refractivity contribution in [2.24, 2.45) is 7.05 Å². The Kier molecular flexibility index (Phi) is 11.0. The number of aryl methyl sites for hydroxylation is 2. The highest BCUT2D eigenvalue weighted by Crippen LogP contribution is 2.41. The van der Waals surface area contributed by atoms with Crippen LogP contribution in [0.1, 0.15) is 52.7 Å². The molecule has 244 valence electrons. The summed E-state index contributed by atoms with van der Waals surface area (Å²) in [4.78, 5) is 28.2. The number of benzene rings is 2. The highest BCUT2D eigenvalue weighted by atomic mass is 35.5. The Labute approximate surface area is 281 Å². The SMILES string of the molecule is Cc1cc(Nc2ncc3c(C#C[Si](C(C)C)(C(C)C)C(C)C)c(-c4ccccc4Cl)c(=O)n(C)c3n2)ccc1N(C)CCN(C)C. The van der Waals surface area contributed by atoms with Crippen LogP contribution in [0.2, 0.25) is 21.6 Å². The van der Waals surface area contributed by atoms with Crippen LogP contribution in [0.25, 0.3) is 22.2 Å². The topological polar surface area (TPSA) is 66.3 Å². The average molecular weight is 657 g/mol. The highest BCUT2D eigenvalue weighted by molar-refractivity contribution is 6.90. The molecule has 4 rings (SSSR count). The van der Waals surface area contributed by atoms with Crippen molar-refractivity contribution in [2.75, 3.05) is 44.4 Å². The second kappa shape index (κ2) is 14.4. The molecule has 2 aromatic carbocycles. The smallest absolute Gasteiger partial charge is 0.261 e. The number of rotatable bonds is 10. The number of fused-ring (bicyclic) bond motifs is 1. The summed E-state index contributed by atoms with van der Waals surface area (Å²) in [6.07, 6.45) is 1.79. The molecule has 46 heavy (non-hydrogen) atoms. The Bertz CT molecular complexity index is 1810. The van der Waals surface area contributed by atoms with E-state index in [1.165, 1.54) is 5.69 Å². The van der Waals surface area contributed by atoms with Gasteiger partial charge in [-0.25, -0.2) is 4.98 Å². The van der Waals surface area contributed by atoms with Crippen molar-refractivity contribution in [3.05, 3.63) is 75.2 Å². The molecule has 0 aliphatic carbocycles. The summed E-state index contributed by atoms with van der Waals surface area (Å²) in [6, 6.07) is 13.7. The third kappa shape index (κ3) is 7.02. The first-order valence-electron chi connectivity index (χ1n) is 16.1. The number of aromatic nitrogens is 3. The molecule has 1 N–H and O–H groups in total. The summed E-state index contributed by atoms with van der Waals surface area (Å²) in [7, 11) is 5.90. The lowest BCUT2D eigenvalue weighted by Gasteiger charge is -2.38. The molecule has 0 saturated carbocycles. The van der Waals surface area contributed by atoms with Crippen molar-refractivity contribution in [3.8, 4) is 22.6 Å². The van der Waals surface area contributed by atoms with Gasteiger partial charge in [0.25, 0.3) is 5.56 Å². The maximum atomic E-state index is 14.2. The van der Waals surface area contributed by atoms with Gasteiger partial charge in [-0.1, -0.05) is 77.3 Å². The molecule has 0 spiro atoms. The van der Waals surface area contributed by atoms with Crippen LogP contribution in [-0.2, 0) is 7.05 Å². The van der Waals surface area contributed by atoms with E-state index in [4.69, 9.17) is 21.6 Å². The van der Waals surface area contributed by atoms with E-state index in [-0.39, 0.29) is 5.56 Å². The monoisotopic (exact) mass is 656 g/mol. The zero-order chi connectivity index (χ0) is 33.9. The van der Waals surface area contributed by atoms with Gasteiger partial charge in [-0.3, -0.25) is 9.36 Å². The van der Waals surface area contributed by atoms with Gasteiger partial charge in [0, 0.05) is 60.9 Å². The van der Waals surface area contributed by atoms with Crippen molar-refractivity contribution < 1.29 is 0 Å². The van der Waals surface area contributed by atoms with Crippen molar-refractivity contribution >= 4 is 48.0 Å². The molecule has 0 bridgehead atoms. The zero-order valence-electron chi connectivity index (χ0n) is 29.3. The molecule has 7 nitrogen and oxygen atoms in total. The molecule has 0 fully saturated rings. The number of nitrogens with zero attached hydrogens (tertiary/aromatic N) is 5. The molecule has 0 unspecified atom stereocenters. The molecule has 4 aromatic rings. The van der Waals surface area contributed by atoms with Gasteiger partial charge in [0.05, 0.1) is 10.9 Å². The van der Waals surface area contributed by atoms with Crippen LogP contribution in [-0.4, -0.2) is 61.7 Å². The average Bonchev–Trinajstić information content (AvgIpc) is 2.98. The van der Waals surface area contributed by atoms with Crippen LogP contribution in [0.3, 0.4) is 0 Å². The van der Waals surface area contributed by atoms with Gasteiger partial charge in [0.15, 0.2) is 0 Å². The highest BCUT2D eigenvalue weighted by Gasteiger charge is 2.41. The summed E-state index contributed by atoms with van der Waals surface area (Å²) in [6.45, 7) is 17.7. The molecule has 0 radical (unpaired) electrons. The van der Waals surface area contributed by atoms with Crippen LogP contribution in [0.15, 0.2) is 53.5 Å². The Morgan fingerprint density at radius 1 is 0.978 bits per heavy atom. The maximum absolute atomic E-state index is 14.2. The third-order valence-corrected chi connectivity index (χ3v) is 15.9. The van der Waals surface area contributed by atoms with E-state index < -0.39 is 8.07 Å². The lowest BCUT2D eigenvalue weighted by atomic mass is 9.99. The van der Waals surface area contributed by atoms with Crippen molar-refractivity contribution in [2.45, 2.75) is 65.1 Å². The van der Waals surface area contributed by atoms with Gasteiger partial charge in [0.1, 0.15) is 13.7 Å². The summed E-state index contributed by atoms with van der Waals surface area (Å²) < 4.78 is 1.58. The molecule has 0 saturated heterocycles. The molecule has 0 amide bonds. The lowest BCUT2D eigenvalue weighted by Crippen LogP contribution is -2.43. The van der Waals surface area contributed by atoms with Gasteiger partial charge >= 0.3 is 0 Å². The molecule has 9 heteroatoms. The maximum Gasteiger partial charge on any atom is 0.261 e. The second-order valence-electron chi connectivity index (χ2n) is 13.5. The van der Waals surface area contributed by atoms with Gasteiger partial charge in [-0.15, -0.1) is 5.54 Å². The van der Waals surface area contributed by atoms with Gasteiger partial charge in [-0.2, -0.15) is 4.98 Å². The van der Waals surface area contributed by atoms with E-state index in [0.29, 0.717) is 49.9 Å². The molecule has 0 aliphatic rings. The predicted molar refractivity (Wildman–Crippen MR) is 199 cm³/mol. The van der Waals surface area contributed by atoms with E-state index >= 15 is 0 Å². The number of pyridine rings is 1. The first-order chi connectivity index (χ1) is 21.7. The molecule has 2 heterocycles. The minimum atomic E-state index is -2.12. The summed E-state index contributed by atoms with van der Waals surface area (Å²) in [5.74, 6) is 3.99. The minimum Gasteiger partial charge on any atom is -0.373 e. The lowest BCUT2D eigenvalue weighted by molar-refractivity contribution is 0.416. The second-order valence-corrected chi connectivity index (χ2v) is 19.5. The third-order valence-electron chi connectivity index (χ3n) is 9.28. The van der Waals surface area contributed by atoms with Crippen LogP contribution in [0, 0.1) is 18.4 Å². The fourth-order valence-electron chi connectivity index (χ4n) is 6.78. The summed E-state index contributed by atoms with van der Waals surface area (Å²) >= 11 is 6.70. The molecule has 0 atom stereocenters. The largest absolute Gasteiger partial charge is 0.373 e. The van der Waals surface area contributed by atoms with Crippen LogP contribution in [0.5, 0.6) is 0 Å². The van der Waals surface area contributed by atoms with Gasteiger partial charge in [-0.05, 0) is 67.5 Å². The number of hydrogen-bond donors (Lipinski definition) is 1. The van der Waals surface area contributed by atoms with E-state index in [2.05, 4.69) is 108 Å². The van der Waals surface area contributed by atoms with E-state index in [1.807, 2.05) is 30.3 Å². The molecular formula is C37H49ClN6OSi. The first kappa shape index (κ1) is 35.2. The predicted octanol–water partition coefficient (Wildman–Crippen LogP) is 8.27. The number of nitrogens with one attached hydrogen (secondary N) is 1. The number of halogens is 1. The van der Waals surface area contributed by atoms with Crippen LogP contribution in [0.4, 0.5) is 17.3 Å². The van der Waals surface area contributed by atoms with Crippen LogP contribution >= 0.6 is 11.6 Å². The van der Waals surface area contributed by atoms with Crippen LogP contribution < -0.4 is 15.8 Å². The Balaban J connectivity index is 1.88. The van der Waals surface area contributed by atoms with Crippen molar-refractivity contribution in [3.63, 3.8) is 0 Å². The standard InChI is InChI=1S/C37H49ClN6OSi/c1-24(2)46(25(3)4,26(5)6)21-18-29-31-23-39-37(40-28-16-17-33(27(7)22-28)43(10)20-19-42(8)9)41-35(31)44(11)36(45)34(29)30-14-12-13-15-32(30)38/h12-17,22-26H,19-20H2,1-11H3,(H,39,40,41).